The second kappa shape index (κ2) is 11.8. The number of carbonyl (C=O) groups is 3. The third kappa shape index (κ3) is 12.3. The fraction of sp³-hybridized carbons (Fsp3) is 0.143. The molecule has 0 aliphatic carbocycles. The molecule has 0 saturated heterocycles. The molecule has 0 amide bonds. The van der Waals surface area contributed by atoms with Crippen LogP contribution in [-0.2, 0) is 28.3 Å². The molecule has 3 nitrogen and oxygen atoms in total. The third-order valence-corrected chi connectivity index (χ3v) is 1.39. The molecule has 63 valence electrons. The van der Waals surface area contributed by atoms with E-state index in [0.29, 0.717) is 15.6 Å². The molecule has 0 unspecified atom stereocenters. The van der Waals surface area contributed by atoms with E-state index in [1.807, 2.05) is 6.92 Å². The van der Waals surface area contributed by atoms with Gasteiger partial charge in [0.1, 0.15) is 0 Å². The fourth-order valence-electron chi connectivity index (χ4n) is 0.0589. The molecule has 0 saturated carbocycles. The maximum absolute atomic E-state index is 9.54. The number of rotatable bonds is 3. The van der Waals surface area contributed by atoms with Gasteiger partial charge in [0.15, 0.2) is 0 Å². The summed E-state index contributed by atoms with van der Waals surface area (Å²) in [6.07, 6.45) is 1.76. The summed E-state index contributed by atoms with van der Waals surface area (Å²) in [5.74, 6) is 0. The van der Waals surface area contributed by atoms with E-state index in [1.165, 1.54) is 0 Å². The Bertz CT molecular complexity index is 152. The molecule has 0 N–H and O–H groups in total. The van der Waals surface area contributed by atoms with Gasteiger partial charge >= 0.3 is 43.8 Å². The standard InChI is InChI=1S/C4H6.3CHO.Fe/c1-3-4-2;3*1-2;/h4H,1H2,2H3;3*1H;. The second-order valence-electron chi connectivity index (χ2n) is 1.10. The van der Waals surface area contributed by atoms with Crippen molar-refractivity contribution in [3.05, 3.63) is 18.4 Å². The Kier molecular flexibility index (Phi) is 13.6. The molecule has 0 aliphatic rings. The van der Waals surface area contributed by atoms with E-state index in [0.717, 1.165) is 0 Å². The first kappa shape index (κ1) is 12.7. The van der Waals surface area contributed by atoms with Gasteiger partial charge in [0.25, 0.3) is 0 Å². The predicted molar refractivity (Wildman–Crippen MR) is 39.6 cm³/mol. The van der Waals surface area contributed by atoms with Gasteiger partial charge < -0.3 is 0 Å². The van der Waals surface area contributed by atoms with Gasteiger partial charge in [0, 0.05) is 0 Å². The summed E-state index contributed by atoms with van der Waals surface area (Å²) >= 11 is -1.75. The van der Waals surface area contributed by atoms with E-state index in [-0.39, 0.29) is 0 Å². The summed E-state index contributed by atoms with van der Waals surface area (Å²) in [4.78, 5) is 28.6. The first-order chi connectivity index (χ1) is 5.26. The molecule has 4 heteroatoms. The summed E-state index contributed by atoms with van der Waals surface area (Å²) in [6.45, 7) is 5.18. The monoisotopic (exact) mass is 197 g/mol. The molecule has 0 bridgehead atoms. The van der Waals surface area contributed by atoms with E-state index in [1.54, 1.807) is 6.08 Å². The summed E-state index contributed by atoms with van der Waals surface area (Å²) in [5, 5.41) is 1.12. The quantitative estimate of drug-likeness (QED) is 0.376. The van der Waals surface area contributed by atoms with Crippen LogP contribution < -0.4 is 0 Å². The van der Waals surface area contributed by atoms with Crippen molar-refractivity contribution >= 4 is 15.6 Å². The van der Waals surface area contributed by atoms with Crippen molar-refractivity contribution in [3.8, 4) is 0 Å². The van der Waals surface area contributed by atoms with Crippen LogP contribution in [0.4, 0.5) is 0 Å². The first-order valence-corrected chi connectivity index (χ1v) is 4.45. The van der Waals surface area contributed by atoms with Crippen LogP contribution in [0.15, 0.2) is 18.4 Å². The minimum absolute atomic E-state index is 0.375. The summed E-state index contributed by atoms with van der Waals surface area (Å²) in [5.41, 5.74) is 2.56. The molecule has 0 fully saturated rings. The Morgan fingerprint density at radius 2 is 1.45 bits per heavy atom. The third-order valence-electron chi connectivity index (χ3n) is 0.493. The summed E-state index contributed by atoms with van der Waals surface area (Å²) < 4.78 is 0. The molecule has 0 radical (unpaired) electrons. The SMILES string of the molecule is C=C=CC.O=[CH][Fe]([CH]=O)[CH]=O. The molecule has 0 spiro atoms. The van der Waals surface area contributed by atoms with Gasteiger partial charge in [-0.3, -0.25) is 0 Å². The van der Waals surface area contributed by atoms with Crippen molar-refractivity contribution in [3.63, 3.8) is 0 Å². The van der Waals surface area contributed by atoms with Gasteiger partial charge in [0.2, 0.25) is 0 Å². The van der Waals surface area contributed by atoms with Gasteiger partial charge in [-0.2, -0.15) is 0 Å². The van der Waals surface area contributed by atoms with E-state index in [4.69, 9.17) is 0 Å². The molecule has 0 aromatic rings. The van der Waals surface area contributed by atoms with E-state index in [2.05, 4.69) is 12.3 Å². The average molecular weight is 197 g/mol. The molecule has 0 aromatic heterocycles. The van der Waals surface area contributed by atoms with E-state index in [9.17, 15) is 14.4 Å². The summed E-state index contributed by atoms with van der Waals surface area (Å²) in [6, 6.07) is 0. The van der Waals surface area contributed by atoms with Crippen molar-refractivity contribution in [2.45, 2.75) is 6.92 Å². The Balaban J connectivity index is 0. The predicted octanol–water partition coefficient (Wildman–Crippen LogP) is 0.523. The number of allylic oxidation sites excluding steroid dienone is 1. The normalized spacial score (nSPS) is 7.55. The van der Waals surface area contributed by atoms with Crippen LogP contribution in [0.5, 0.6) is 0 Å². The van der Waals surface area contributed by atoms with Gasteiger partial charge in [-0.05, 0) is 13.0 Å². The van der Waals surface area contributed by atoms with Gasteiger partial charge in [-0.15, -0.1) is 5.73 Å². The van der Waals surface area contributed by atoms with Gasteiger partial charge in [0.05, 0.1) is 0 Å². The van der Waals surface area contributed by atoms with Crippen molar-refractivity contribution in [2.24, 2.45) is 0 Å². The topological polar surface area (TPSA) is 51.2 Å². The van der Waals surface area contributed by atoms with Gasteiger partial charge in [-0.1, -0.05) is 6.58 Å². The Morgan fingerprint density at radius 1 is 1.18 bits per heavy atom. The van der Waals surface area contributed by atoms with Crippen molar-refractivity contribution < 1.29 is 28.3 Å². The first-order valence-electron chi connectivity index (χ1n) is 2.54. The number of carbonyl (C=O) groups excluding carboxylic acids is 3. The molecule has 0 heterocycles. The van der Waals surface area contributed by atoms with Crippen LogP contribution in [0, 0.1) is 0 Å². The Labute approximate surface area is 69.7 Å². The molecular formula is C7H9FeO3. The zero-order chi connectivity index (χ0) is 9.11. The zero-order valence-electron chi connectivity index (χ0n) is 6.09. The fourth-order valence-corrected chi connectivity index (χ4v) is 0.243. The van der Waals surface area contributed by atoms with E-state index >= 15 is 0 Å². The summed E-state index contributed by atoms with van der Waals surface area (Å²) in [7, 11) is 0. The molecule has 0 rings (SSSR count). The van der Waals surface area contributed by atoms with Crippen LogP contribution in [-0.4, -0.2) is 15.6 Å². The maximum atomic E-state index is 9.54. The zero-order valence-corrected chi connectivity index (χ0v) is 7.20. The van der Waals surface area contributed by atoms with Crippen molar-refractivity contribution in [2.75, 3.05) is 0 Å². The number of hydrogen-bond acceptors (Lipinski definition) is 3. The average Bonchev–Trinajstić information content (AvgIpc) is 2.08. The second-order valence-corrected chi connectivity index (χ2v) is 2.98. The molecule has 0 aromatic carbocycles. The van der Waals surface area contributed by atoms with Crippen LogP contribution in [0.2, 0.25) is 0 Å². The van der Waals surface area contributed by atoms with Crippen LogP contribution >= 0.6 is 0 Å². The molecule has 11 heavy (non-hydrogen) atoms. The molecule has 0 atom stereocenters. The van der Waals surface area contributed by atoms with Crippen LogP contribution in [0.1, 0.15) is 6.92 Å². The Morgan fingerprint density at radius 3 is 1.45 bits per heavy atom. The Hall–Kier alpha value is -0.951. The number of hydrogen-bond donors (Lipinski definition) is 0. The van der Waals surface area contributed by atoms with E-state index < -0.39 is 13.9 Å². The van der Waals surface area contributed by atoms with Crippen molar-refractivity contribution in [1.29, 1.82) is 0 Å². The molecular weight excluding hydrogens is 188 g/mol. The van der Waals surface area contributed by atoms with Gasteiger partial charge in [-0.25, -0.2) is 0 Å². The minimum atomic E-state index is -1.75. The molecule has 0 aliphatic heterocycles. The van der Waals surface area contributed by atoms with Crippen LogP contribution in [0.25, 0.3) is 0 Å². The van der Waals surface area contributed by atoms with Crippen LogP contribution in [0.3, 0.4) is 0 Å². The van der Waals surface area contributed by atoms with Crippen molar-refractivity contribution in [1.82, 2.24) is 0 Å².